The lowest BCUT2D eigenvalue weighted by molar-refractivity contribution is 0.306. The molecule has 2 rings (SSSR count). The molecular formula is C12H10BrFN2O. The van der Waals surface area contributed by atoms with Crippen LogP contribution in [0.4, 0.5) is 10.2 Å². The van der Waals surface area contributed by atoms with Crippen LogP contribution in [-0.4, -0.2) is 4.98 Å². The van der Waals surface area contributed by atoms with Crippen molar-refractivity contribution in [2.24, 2.45) is 0 Å². The number of hydrogen-bond acceptors (Lipinski definition) is 3. The first-order valence-corrected chi connectivity index (χ1v) is 5.73. The van der Waals surface area contributed by atoms with Crippen molar-refractivity contribution in [2.75, 3.05) is 5.73 Å². The number of nitrogen functional groups attached to an aromatic ring is 1. The van der Waals surface area contributed by atoms with Crippen LogP contribution in [0.2, 0.25) is 0 Å². The van der Waals surface area contributed by atoms with Gasteiger partial charge in [0.05, 0.1) is 0 Å². The molecule has 17 heavy (non-hydrogen) atoms. The summed E-state index contributed by atoms with van der Waals surface area (Å²) in [5.74, 6) is 0.724. The van der Waals surface area contributed by atoms with Crippen molar-refractivity contribution < 1.29 is 9.13 Å². The number of benzene rings is 1. The van der Waals surface area contributed by atoms with Crippen molar-refractivity contribution in [3.05, 3.63) is 52.4 Å². The van der Waals surface area contributed by atoms with Crippen molar-refractivity contribution in [1.29, 1.82) is 0 Å². The molecule has 88 valence electrons. The number of hydrogen-bond donors (Lipinski definition) is 1. The molecule has 0 saturated carbocycles. The number of nitrogens with two attached hydrogens (primary N) is 1. The van der Waals surface area contributed by atoms with Crippen LogP contribution in [0, 0.1) is 5.82 Å². The molecule has 0 aliphatic rings. The highest BCUT2D eigenvalue weighted by molar-refractivity contribution is 9.10. The molecule has 5 heteroatoms. The van der Waals surface area contributed by atoms with Gasteiger partial charge in [0, 0.05) is 16.2 Å². The molecule has 2 aromatic rings. The van der Waals surface area contributed by atoms with E-state index in [1.807, 2.05) is 6.07 Å². The van der Waals surface area contributed by atoms with Gasteiger partial charge in [0.1, 0.15) is 24.0 Å². The second kappa shape index (κ2) is 5.14. The van der Waals surface area contributed by atoms with E-state index in [9.17, 15) is 4.39 Å². The van der Waals surface area contributed by atoms with Gasteiger partial charge in [0.25, 0.3) is 0 Å². The first-order valence-electron chi connectivity index (χ1n) is 4.93. The number of nitrogens with zero attached hydrogens (tertiary/aromatic N) is 1. The van der Waals surface area contributed by atoms with Crippen LogP contribution in [0.15, 0.2) is 41.0 Å². The maximum absolute atomic E-state index is 12.7. The van der Waals surface area contributed by atoms with Gasteiger partial charge in [0.15, 0.2) is 0 Å². The number of aromatic nitrogens is 1. The Morgan fingerprint density at radius 3 is 2.71 bits per heavy atom. The van der Waals surface area contributed by atoms with Gasteiger partial charge >= 0.3 is 0 Å². The van der Waals surface area contributed by atoms with E-state index in [2.05, 4.69) is 20.9 Å². The monoisotopic (exact) mass is 296 g/mol. The van der Waals surface area contributed by atoms with E-state index in [0.717, 1.165) is 10.0 Å². The highest BCUT2D eigenvalue weighted by atomic mass is 79.9. The Hall–Kier alpha value is -1.62. The molecule has 0 amide bonds. The van der Waals surface area contributed by atoms with Crippen molar-refractivity contribution in [3.63, 3.8) is 0 Å². The predicted molar refractivity (Wildman–Crippen MR) is 67.1 cm³/mol. The summed E-state index contributed by atoms with van der Waals surface area (Å²) in [7, 11) is 0. The van der Waals surface area contributed by atoms with Gasteiger partial charge < -0.3 is 10.5 Å². The minimum atomic E-state index is -0.291. The van der Waals surface area contributed by atoms with Crippen molar-refractivity contribution >= 4 is 21.7 Å². The Kier molecular flexibility index (Phi) is 3.58. The molecule has 3 nitrogen and oxygen atoms in total. The van der Waals surface area contributed by atoms with E-state index < -0.39 is 0 Å². The molecule has 1 heterocycles. The lowest BCUT2D eigenvalue weighted by Gasteiger charge is -2.08. The van der Waals surface area contributed by atoms with Gasteiger partial charge in [0.2, 0.25) is 0 Å². The Bertz CT molecular complexity index is 516. The van der Waals surface area contributed by atoms with Crippen molar-refractivity contribution in [1.82, 2.24) is 4.98 Å². The van der Waals surface area contributed by atoms with Crippen LogP contribution in [-0.2, 0) is 6.61 Å². The molecular weight excluding hydrogens is 287 g/mol. The van der Waals surface area contributed by atoms with E-state index in [1.165, 1.54) is 12.1 Å². The van der Waals surface area contributed by atoms with E-state index in [4.69, 9.17) is 10.5 Å². The number of ether oxygens (including phenoxy) is 1. The average Bonchev–Trinajstić information content (AvgIpc) is 2.32. The van der Waals surface area contributed by atoms with Crippen molar-refractivity contribution in [2.45, 2.75) is 6.61 Å². The Labute approximate surface area is 107 Å². The number of halogens is 2. The standard InChI is InChI=1S/C12H10BrFN2O/c13-9-5-8(12(15)16-6-9)7-17-11-3-1-10(14)2-4-11/h1-6H,7H2,(H2,15,16). The summed E-state index contributed by atoms with van der Waals surface area (Å²) in [4.78, 5) is 4.00. The van der Waals surface area contributed by atoms with Gasteiger partial charge in [-0.1, -0.05) is 0 Å². The molecule has 0 unspecified atom stereocenters. The van der Waals surface area contributed by atoms with Gasteiger partial charge in [-0.05, 0) is 46.3 Å². The minimum Gasteiger partial charge on any atom is -0.489 e. The molecule has 0 saturated heterocycles. The Morgan fingerprint density at radius 1 is 1.29 bits per heavy atom. The summed E-state index contributed by atoms with van der Waals surface area (Å²) in [6.07, 6.45) is 1.62. The third-order valence-corrected chi connectivity index (χ3v) is 2.61. The fraction of sp³-hybridized carbons (Fsp3) is 0.0833. The van der Waals surface area contributed by atoms with Crippen LogP contribution in [0.3, 0.4) is 0 Å². The second-order valence-corrected chi connectivity index (χ2v) is 4.36. The fourth-order valence-electron chi connectivity index (χ4n) is 1.30. The zero-order chi connectivity index (χ0) is 12.3. The van der Waals surface area contributed by atoms with E-state index >= 15 is 0 Å². The van der Waals surface area contributed by atoms with Gasteiger partial charge in [-0.2, -0.15) is 0 Å². The molecule has 0 aliphatic heterocycles. The quantitative estimate of drug-likeness (QED) is 0.946. The molecule has 2 N–H and O–H groups in total. The smallest absolute Gasteiger partial charge is 0.130 e. The van der Waals surface area contributed by atoms with Crippen LogP contribution >= 0.6 is 15.9 Å². The summed E-state index contributed by atoms with van der Waals surface area (Å²) >= 11 is 3.31. The van der Waals surface area contributed by atoms with Crippen LogP contribution in [0.5, 0.6) is 5.75 Å². The average molecular weight is 297 g/mol. The third kappa shape index (κ3) is 3.17. The highest BCUT2D eigenvalue weighted by Gasteiger charge is 2.03. The van der Waals surface area contributed by atoms with Crippen molar-refractivity contribution in [3.8, 4) is 5.75 Å². The summed E-state index contributed by atoms with van der Waals surface area (Å²) in [5, 5.41) is 0. The zero-order valence-corrected chi connectivity index (χ0v) is 10.4. The van der Waals surface area contributed by atoms with Crippen LogP contribution < -0.4 is 10.5 Å². The first-order chi connectivity index (χ1) is 8.15. The Morgan fingerprint density at radius 2 is 2.00 bits per heavy atom. The molecule has 1 aromatic carbocycles. The van der Waals surface area contributed by atoms with E-state index in [1.54, 1.807) is 18.3 Å². The highest BCUT2D eigenvalue weighted by Crippen LogP contribution is 2.18. The SMILES string of the molecule is Nc1ncc(Br)cc1COc1ccc(F)cc1. The molecule has 0 radical (unpaired) electrons. The third-order valence-electron chi connectivity index (χ3n) is 2.18. The molecule has 0 atom stereocenters. The maximum atomic E-state index is 12.7. The van der Waals surface area contributed by atoms with E-state index in [0.29, 0.717) is 18.2 Å². The largest absolute Gasteiger partial charge is 0.489 e. The molecule has 1 aromatic heterocycles. The molecule has 0 spiro atoms. The normalized spacial score (nSPS) is 10.2. The summed E-state index contributed by atoms with van der Waals surface area (Å²) < 4.78 is 19.0. The van der Waals surface area contributed by atoms with E-state index in [-0.39, 0.29) is 5.82 Å². The van der Waals surface area contributed by atoms with Gasteiger partial charge in [-0.25, -0.2) is 9.37 Å². The van der Waals surface area contributed by atoms with Gasteiger partial charge in [-0.3, -0.25) is 0 Å². The maximum Gasteiger partial charge on any atom is 0.130 e. The predicted octanol–water partition coefficient (Wildman–Crippen LogP) is 3.14. The number of pyridine rings is 1. The molecule has 0 aliphatic carbocycles. The summed E-state index contributed by atoms with van der Waals surface area (Å²) in [5.41, 5.74) is 6.49. The zero-order valence-electron chi connectivity index (χ0n) is 8.86. The van der Waals surface area contributed by atoms with Crippen LogP contribution in [0.1, 0.15) is 5.56 Å². The first kappa shape index (κ1) is 11.9. The fourth-order valence-corrected chi connectivity index (χ4v) is 1.68. The number of rotatable bonds is 3. The Balaban J connectivity index is 2.07. The second-order valence-electron chi connectivity index (χ2n) is 3.44. The lowest BCUT2D eigenvalue weighted by Crippen LogP contribution is -2.02. The summed E-state index contributed by atoms with van der Waals surface area (Å²) in [6.45, 7) is 0.296. The topological polar surface area (TPSA) is 48.1 Å². The van der Waals surface area contributed by atoms with Gasteiger partial charge in [-0.15, -0.1) is 0 Å². The summed E-state index contributed by atoms with van der Waals surface area (Å²) in [6, 6.07) is 7.66. The molecule has 0 bridgehead atoms. The van der Waals surface area contributed by atoms with Crippen LogP contribution in [0.25, 0.3) is 0 Å². The lowest BCUT2D eigenvalue weighted by atomic mass is 10.3. The molecule has 0 fully saturated rings. The number of anilines is 1. The minimum absolute atomic E-state index is 0.291.